The topological polar surface area (TPSA) is 108 Å². The number of carbonyl (C=O) groups is 1. The molecule has 0 aliphatic heterocycles. The number of non-ortho nitro benzene ring substituents is 1. The van der Waals surface area contributed by atoms with Crippen LogP contribution < -0.4 is 0 Å². The van der Waals surface area contributed by atoms with E-state index in [1.165, 1.54) is 35.6 Å². The lowest BCUT2D eigenvalue weighted by Gasteiger charge is -2.00. The van der Waals surface area contributed by atoms with Crippen LogP contribution in [-0.2, 0) is 22.6 Å². The van der Waals surface area contributed by atoms with Crippen molar-refractivity contribution in [1.82, 2.24) is 10.2 Å². The Labute approximate surface area is 139 Å². The Morgan fingerprint density at radius 3 is 2.71 bits per heavy atom. The second kappa shape index (κ2) is 7.01. The summed E-state index contributed by atoms with van der Waals surface area (Å²) in [6, 6.07) is 7.57. The minimum Gasteiger partial charge on any atom is -0.455 e. The molecule has 0 aliphatic carbocycles. The highest BCUT2D eigenvalue weighted by Crippen LogP contribution is 2.21. The predicted molar refractivity (Wildman–Crippen MR) is 84.2 cm³/mol. The van der Waals surface area contributed by atoms with Gasteiger partial charge < -0.3 is 9.15 Å². The Hall–Kier alpha value is -3.07. The molecule has 2 heterocycles. The van der Waals surface area contributed by atoms with E-state index in [1.54, 1.807) is 0 Å². The number of nitro benzene ring substituents is 1. The number of esters is 1. The molecule has 0 saturated heterocycles. The Morgan fingerprint density at radius 2 is 2.04 bits per heavy atom. The fourth-order valence-electron chi connectivity index (χ4n) is 1.91. The average molecular weight is 345 g/mol. The number of ether oxygens (including phenoxy) is 1. The summed E-state index contributed by atoms with van der Waals surface area (Å²) >= 11 is 1.51. The minimum absolute atomic E-state index is 0.0270. The van der Waals surface area contributed by atoms with Gasteiger partial charge in [-0.05, 0) is 34.5 Å². The molecule has 0 saturated carbocycles. The zero-order valence-electron chi connectivity index (χ0n) is 12.2. The van der Waals surface area contributed by atoms with Crippen molar-refractivity contribution in [2.45, 2.75) is 13.0 Å². The molecule has 24 heavy (non-hydrogen) atoms. The van der Waals surface area contributed by atoms with Crippen molar-refractivity contribution in [3.8, 4) is 11.5 Å². The summed E-state index contributed by atoms with van der Waals surface area (Å²) in [5.41, 5.74) is 1.41. The summed E-state index contributed by atoms with van der Waals surface area (Å²) in [6.07, 6.45) is 0.187. The van der Waals surface area contributed by atoms with Crippen LogP contribution in [0.5, 0.6) is 0 Å². The first kappa shape index (κ1) is 15.8. The fourth-order valence-corrected chi connectivity index (χ4v) is 2.58. The summed E-state index contributed by atoms with van der Waals surface area (Å²) < 4.78 is 10.5. The molecule has 0 bridgehead atoms. The highest BCUT2D eigenvalue weighted by molar-refractivity contribution is 7.07. The van der Waals surface area contributed by atoms with Gasteiger partial charge in [-0.2, -0.15) is 11.3 Å². The lowest BCUT2D eigenvalue weighted by Crippen LogP contribution is -2.07. The molecule has 9 heteroatoms. The van der Waals surface area contributed by atoms with Gasteiger partial charge >= 0.3 is 5.97 Å². The molecule has 0 aliphatic rings. The molecular weight excluding hydrogens is 334 g/mol. The number of hydrogen-bond acceptors (Lipinski definition) is 8. The van der Waals surface area contributed by atoms with E-state index >= 15 is 0 Å². The Balaban J connectivity index is 1.59. The van der Waals surface area contributed by atoms with Gasteiger partial charge in [0.2, 0.25) is 5.89 Å². The van der Waals surface area contributed by atoms with Crippen LogP contribution in [0.1, 0.15) is 11.5 Å². The third-order valence-electron chi connectivity index (χ3n) is 3.08. The molecule has 0 spiro atoms. The monoisotopic (exact) mass is 345 g/mol. The molecule has 0 unspecified atom stereocenters. The van der Waals surface area contributed by atoms with Crippen LogP contribution in [0.15, 0.2) is 45.5 Å². The van der Waals surface area contributed by atoms with Crippen molar-refractivity contribution < 1.29 is 18.9 Å². The van der Waals surface area contributed by atoms with Crippen molar-refractivity contribution in [2.24, 2.45) is 0 Å². The first-order chi connectivity index (χ1) is 11.6. The highest BCUT2D eigenvalue weighted by atomic mass is 32.1. The van der Waals surface area contributed by atoms with E-state index in [9.17, 15) is 14.9 Å². The minimum atomic E-state index is -0.490. The van der Waals surface area contributed by atoms with Crippen LogP contribution in [0.2, 0.25) is 0 Å². The lowest BCUT2D eigenvalue weighted by molar-refractivity contribution is -0.384. The number of carbonyl (C=O) groups excluding carboxylic acids is 1. The van der Waals surface area contributed by atoms with Crippen molar-refractivity contribution in [1.29, 1.82) is 0 Å². The fraction of sp³-hybridized carbons (Fsp3) is 0.133. The molecule has 0 amide bonds. The van der Waals surface area contributed by atoms with Gasteiger partial charge in [0.05, 0.1) is 11.3 Å². The summed E-state index contributed by atoms with van der Waals surface area (Å²) in [4.78, 5) is 21.8. The molecule has 8 nitrogen and oxygen atoms in total. The number of nitro groups is 1. The Kier molecular flexibility index (Phi) is 4.62. The molecule has 2 aromatic heterocycles. The molecule has 1 aromatic carbocycles. The van der Waals surface area contributed by atoms with E-state index in [-0.39, 0.29) is 36.5 Å². The number of benzene rings is 1. The van der Waals surface area contributed by atoms with Crippen LogP contribution in [0, 0.1) is 10.1 Å². The van der Waals surface area contributed by atoms with Gasteiger partial charge in [0.25, 0.3) is 11.6 Å². The molecule has 3 aromatic rings. The lowest BCUT2D eigenvalue weighted by atomic mass is 10.2. The molecule has 3 rings (SSSR count). The molecule has 0 fully saturated rings. The second-order valence-electron chi connectivity index (χ2n) is 4.77. The number of aromatic nitrogens is 2. The van der Waals surface area contributed by atoms with Gasteiger partial charge in [0.1, 0.15) is 0 Å². The van der Waals surface area contributed by atoms with E-state index in [4.69, 9.17) is 9.15 Å². The number of nitrogens with zero attached hydrogens (tertiary/aromatic N) is 3. The van der Waals surface area contributed by atoms with Crippen LogP contribution in [0.4, 0.5) is 5.69 Å². The molecule has 0 atom stereocenters. The molecular formula is C15H11N3O5S. The standard InChI is InChI=1S/C15H11N3O5S/c19-14(7-10-5-6-24-9-10)22-8-13-16-17-15(23-13)11-1-3-12(4-2-11)18(20)21/h1-6,9H,7-8H2. The van der Waals surface area contributed by atoms with Crippen LogP contribution in [0.3, 0.4) is 0 Å². The van der Waals surface area contributed by atoms with E-state index in [0.717, 1.165) is 5.56 Å². The average Bonchev–Trinajstić information content (AvgIpc) is 3.24. The predicted octanol–water partition coefficient (Wildman–Crippen LogP) is 2.99. The number of thiophene rings is 1. The highest BCUT2D eigenvalue weighted by Gasteiger charge is 2.13. The largest absolute Gasteiger partial charge is 0.455 e. The Bertz CT molecular complexity index is 842. The maximum absolute atomic E-state index is 11.7. The summed E-state index contributed by atoms with van der Waals surface area (Å²) in [6.45, 7) is -0.122. The SMILES string of the molecule is O=C(Cc1ccsc1)OCc1nnc(-c2ccc([N+](=O)[O-])cc2)o1. The van der Waals surface area contributed by atoms with Crippen molar-refractivity contribution >= 4 is 23.0 Å². The first-order valence-electron chi connectivity index (χ1n) is 6.86. The first-order valence-corrected chi connectivity index (χ1v) is 7.80. The van der Waals surface area contributed by atoms with Crippen molar-refractivity contribution in [3.63, 3.8) is 0 Å². The van der Waals surface area contributed by atoms with Gasteiger partial charge in [0, 0.05) is 17.7 Å². The summed E-state index contributed by atoms with van der Waals surface area (Å²) in [7, 11) is 0. The van der Waals surface area contributed by atoms with E-state index in [0.29, 0.717) is 5.56 Å². The van der Waals surface area contributed by atoms with Crippen molar-refractivity contribution in [3.05, 3.63) is 62.7 Å². The zero-order chi connectivity index (χ0) is 16.9. The van der Waals surface area contributed by atoms with E-state index in [2.05, 4.69) is 10.2 Å². The zero-order valence-corrected chi connectivity index (χ0v) is 13.1. The normalized spacial score (nSPS) is 10.5. The molecule has 0 radical (unpaired) electrons. The molecule has 0 N–H and O–H groups in total. The quantitative estimate of drug-likeness (QED) is 0.384. The van der Waals surface area contributed by atoms with E-state index in [1.807, 2.05) is 16.8 Å². The van der Waals surface area contributed by atoms with Gasteiger partial charge in [-0.1, -0.05) is 0 Å². The number of rotatable bonds is 6. The summed E-state index contributed by atoms with van der Waals surface area (Å²) in [5.74, 6) is -0.0284. The van der Waals surface area contributed by atoms with Crippen LogP contribution in [-0.4, -0.2) is 21.1 Å². The van der Waals surface area contributed by atoms with Crippen LogP contribution in [0.25, 0.3) is 11.5 Å². The van der Waals surface area contributed by atoms with Gasteiger partial charge in [-0.15, -0.1) is 10.2 Å². The van der Waals surface area contributed by atoms with Gasteiger partial charge in [-0.3, -0.25) is 14.9 Å². The number of hydrogen-bond donors (Lipinski definition) is 0. The van der Waals surface area contributed by atoms with E-state index < -0.39 is 4.92 Å². The third kappa shape index (κ3) is 3.82. The van der Waals surface area contributed by atoms with Gasteiger partial charge in [0.15, 0.2) is 6.61 Å². The molecule has 122 valence electrons. The smallest absolute Gasteiger partial charge is 0.310 e. The maximum Gasteiger partial charge on any atom is 0.310 e. The van der Waals surface area contributed by atoms with Gasteiger partial charge in [-0.25, -0.2) is 0 Å². The maximum atomic E-state index is 11.7. The second-order valence-corrected chi connectivity index (χ2v) is 5.55. The summed E-state index contributed by atoms with van der Waals surface area (Å²) in [5, 5.41) is 22.0. The third-order valence-corrected chi connectivity index (χ3v) is 3.81. The van der Waals surface area contributed by atoms with Crippen LogP contribution >= 0.6 is 11.3 Å². The Morgan fingerprint density at radius 1 is 1.25 bits per heavy atom. The van der Waals surface area contributed by atoms with Crippen molar-refractivity contribution in [2.75, 3.05) is 0 Å².